The fraction of sp³-hybridized carbons (Fsp3) is 0.238. The number of aromatic nitrogens is 1. The summed E-state index contributed by atoms with van der Waals surface area (Å²) in [5, 5.41) is 0. The van der Waals surface area contributed by atoms with E-state index in [-0.39, 0.29) is 12.1 Å². The molecule has 1 fully saturated rings. The molecule has 0 radical (unpaired) electrons. The van der Waals surface area contributed by atoms with Gasteiger partial charge in [0.2, 0.25) is 0 Å². The van der Waals surface area contributed by atoms with Gasteiger partial charge in [0.15, 0.2) is 0 Å². The summed E-state index contributed by atoms with van der Waals surface area (Å²) in [6.07, 6.45) is 3.62. The van der Waals surface area contributed by atoms with E-state index in [2.05, 4.69) is 22.0 Å². The number of para-hydroxylation sites is 1. The van der Waals surface area contributed by atoms with Crippen LogP contribution < -0.4 is 4.90 Å². The lowest BCUT2D eigenvalue weighted by Gasteiger charge is -2.33. The van der Waals surface area contributed by atoms with Gasteiger partial charge in [-0.2, -0.15) is 0 Å². The number of esters is 1. The largest absolute Gasteiger partial charge is 0.456 e. The van der Waals surface area contributed by atoms with Crippen LogP contribution in [-0.4, -0.2) is 30.1 Å². The number of pyridine rings is 1. The second kappa shape index (κ2) is 7.70. The van der Waals surface area contributed by atoms with Crippen LogP contribution in [0.1, 0.15) is 22.5 Å². The Kier molecular flexibility index (Phi) is 4.97. The molecule has 3 heterocycles. The SMILES string of the molecule is O=C(OC1CCCN(c2ccccc2)C1)c1ccc(-c2ccccn2)s1. The standard InChI is InChI=1S/C21H20N2O2S/c24-21(20-12-11-19(26-20)18-10-4-5-13-22-18)25-17-9-6-14-23(15-17)16-7-2-1-3-8-16/h1-5,7-8,10-13,17H,6,9,14-15H2. The highest BCUT2D eigenvalue weighted by molar-refractivity contribution is 7.17. The van der Waals surface area contributed by atoms with Crippen molar-refractivity contribution < 1.29 is 9.53 Å². The maximum absolute atomic E-state index is 12.5. The number of carbonyl (C=O) groups excluding carboxylic acids is 1. The second-order valence-corrected chi connectivity index (χ2v) is 7.41. The van der Waals surface area contributed by atoms with Gasteiger partial charge in [0.25, 0.3) is 0 Å². The van der Waals surface area contributed by atoms with Crippen LogP contribution >= 0.6 is 11.3 Å². The second-order valence-electron chi connectivity index (χ2n) is 6.33. The smallest absolute Gasteiger partial charge is 0.348 e. The topological polar surface area (TPSA) is 42.4 Å². The Balaban J connectivity index is 1.41. The number of anilines is 1. The highest BCUT2D eigenvalue weighted by Gasteiger charge is 2.24. The fourth-order valence-electron chi connectivity index (χ4n) is 3.21. The molecule has 3 aromatic rings. The highest BCUT2D eigenvalue weighted by Crippen LogP contribution is 2.28. The van der Waals surface area contributed by atoms with E-state index in [1.54, 1.807) is 6.20 Å². The molecule has 4 nitrogen and oxygen atoms in total. The van der Waals surface area contributed by atoms with Gasteiger partial charge < -0.3 is 9.64 Å². The minimum atomic E-state index is -0.239. The van der Waals surface area contributed by atoms with Crippen molar-refractivity contribution in [2.75, 3.05) is 18.0 Å². The Bertz CT molecular complexity index is 864. The minimum Gasteiger partial charge on any atom is -0.456 e. The van der Waals surface area contributed by atoms with Gasteiger partial charge in [-0.3, -0.25) is 4.98 Å². The van der Waals surface area contributed by atoms with Crippen LogP contribution in [-0.2, 0) is 4.74 Å². The van der Waals surface area contributed by atoms with Crippen LogP contribution in [0.4, 0.5) is 5.69 Å². The third kappa shape index (κ3) is 3.78. The molecule has 1 saturated heterocycles. The average Bonchev–Trinajstić information content (AvgIpc) is 3.20. The number of ether oxygens (including phenoxy) is 1. The summed E-state index contributed by atoms with van der Waals surface area (Å²) in [5.74, 6) is -0.239. The third-order valence-electron chi connectivity index (χ3n) is 4.50. The molecule has 1 aliphatic rings. The maximum Gasteiger partial charge on any atom is 0.348 e. The molecule has 1 aliphatic heterocycles. The molecule has 0 saturated carbocycles. The van der Waals surface area contributed by atoms with Gasteiger partial charge in [0, 0.05) is 18.4 Å². The van der Waals surface area contributed by atoms with E-state index < -0.39 is 0 Å². The predicted molar refractivity (Wildman–Crippen MR) is 105 cm³/mol. The van der Waals surface area contributed by atoms with Crippen LogP contribution in [0.15, 0.2) is 66.9 Å². The first-order valence-corrected chi connectivity index (χ1v) is 9.63. The van der Waals surface area contributed by atoms with E-state index in [9.17, 15) is 4.79 Å². The molecular formula is C21H20N2O2S. The molecule has 2 aromatic heterocycles. The summed E-state index contributed by atoms with van der Waals surface area (Å²) in [4.78, 5) is 20.8. The Labute approximate surface area is 157 Å². The monoisotopic (exact) mass is 364 g/mol. The molecule has 0 aliphatic carbocycles. The molecule has 26 heavy (non-hydrogen) atoms. The van der Waals surface area contributed by atoms with Crippen LogP contribution in [0.25, 0.3) is 10.6 Å². The normalized spacial score (nSPS) is 17.1. The first-order chi connectivity index (χ1) is 12.8. The number of nitrogens with zero attached hydrogens (tertiary/aromatic N) is 2. The molecule has 0 spiro atoms. The molecule has 5 heteroatoms. The van der Waals surface area contributed by atoms with E-state index in [0.717, 1.165) is 36.5 Å². The lowest BCUT2D eigenvalue weighted by molar-refractivity contribution is 0.0275. The van der Waals surface area contributed by atoms with Crippen LogP contribution in [0.2, 0.25) is 0 Å². The molecule has 1 unspecified atom stereocenters. The van der Waals surface area contributed by atoms with Gasteiger partial charge in [0.05, 0.1) is 17.1 Å². The minimum absolute atomic E-state index is 0.0724. The molecule has 0 N–H and O–H groups in total. The van der Waals surface area contributed by atoms with Gasteiger partial charge in [-0.15, -0.1) is 11.3 Å². The quantitative estimate of drug-likeness (QED) is 0.633. The van der Waals surface area contributed by atoms with E-state index in [0.29, 0.717) is 4.88 Å². The Morgan fingerprint density at radius 3 is 2.73 bits per heavy atom. The predicted octanol–water partition coefficient (Wildman–Crippen LogP) is 4.64. The number of hydrogen-bond donors (Lipinski definition) is 0. The van der Waals surface area contributed by atoms with Crippen LogP contribution in [0.5, 0.6) is 0 Å². The molecule has 1 aromatic carbocycles. The Morgan fingerprint density at radius 2 is 1.92 bits per heavy atom. The number of benzene rings is 1. The van der Waals surface area contributed by atoms with E-state index in [4.69, 9.17) is 4.74 Å². The van der Waals surface area contributed by atoms with Crippen molar-refractivity contribution in [1.29, 1.82) is 0 Å². The first-order valence-electron chi connectivity index (χ1n) is 8.82. The number of rotatable bonds is 4. The van der Waals surface area contributed by atoms with Gasteiger partial charge in [-0.1, -0.05) is 24.3 Å². The van der Waals surface area contributed by atoms with Crippen molar-refractivity contribution in [2.24, 2.45) is 0 Å². The van der Waals surface area contributed by atoms with Crippen molar-refractivity contribution in [2.45, 2.75) is 18.9 Å². The maximum atomic E-state index is 12.5. The number of thiophene rings is 1. The van der Waals surface area contributed by atoms with E-state index in [1.807, 2.05) is 48.5 Å². The molecule has 1 atom stereocenters. The van der Waals surface area contributed by atoms with E-state index in [1.165, 1.54) is 17.0 Å². The van der Waals surface area contributed by atoms with E-state index >= 15 is 0 Å². The third-order valence-corrected chi connectivity index (χ3v) is 5.59. The summed E-state index contributed by atoms with van der Waals surface area (Å²) in [6.45, 7) is 1.75. The number of carbonyl (C=O) groups is 1. The molecule has 132 valence electrons. The van der Waals surface area contributed by atoms with Gasteiger partial charge in [0.1, 0.15) is 11.0 Å². The summed E-state index contributed by atoms with van der Waals surface area (Å²) in [7, 11) is 0. The summed E-state index contributed by atoms with van der Waals surface area (Å²) in [5.41, 5.74) is 2.06. The fourth-order valence-corrected chi connectivity index (χ4v) is 4.08. The van der Waals surface area contributed by atoms with Gasteiger partial charge >= 0.3 is 5.97 Å². The lowest BCUT2D eigenvalue weighted by Crippen LogP contribution is -2.40. The Morgan fingerprint density at radius 1 is 1.08 bits per heavy atom. The van der Waals surface area contributed by atoms with Crippen LogP contribution in [0.3, 0.4) is 0 Å². The first kappa shape index (κ1) is 16.8. The van der Waals surface area contributed by atoms with Crippen molar-refractivity contribution in [3.8, 4) is 10.6 Å². The van der Waals surface area contributed by atoms with Crippen LogP contribution in [0, 0.1) is 0 Å². The molecular weight excluding hydrogens is 344 g/mol. The van der Waals surface area contributed by atoms with Crippen molar-refractivity contribution in [3.05, 3.63) is 71.7 Å². The zero-order valence-electron chi connectivity index (χ0n) is 14.4. The summed E-state index contributed by atoms with van der Waals surface area (Å²) in [6, 6.07) is 19.8. The Hall–Kier alpha value is -2.66. The summed E-state index contributed by atoms with van der Waals surface area (Å²) >= 11 is 1.43. The van der Waals surface area contributed by atoms with Crippen molar-refractivity contribution in [3.63, 3.8) is 0 Å². The highest BCUT2D eigenvalue weighted by atomic mass is 32.1. The lowest BCUT2D eigenvalue weighted by atomic mass is 10.1. The van der Waals surface area contributed by atoms with Gasteiger partial charge in [-0.25, -0.2) is 4.79 Å². The zero-order chi connectivity index (χ0) is 17.8. The number of piperidine rings is 1. The van der Waals surface area contributed by atoms with Gasteiger partial charge in [-0.05, 0) is 49.2 Å². The zero-order valence-corrected chi connectivity index (χ0v) is 15.2. The van der Waals surface area contributed by atoms with Crippen molar-refractivity contribution in [1.82, 2.24) is 4.98 Å². The molecule has 4 rings (SSSR count). The molecule has 0 amide bonds. The summed E-state index contributed by atoms with van der Waals surface area (Å²) < 4.78 is 5.79. The van der Waals surface area contributed by atoms with Crippen molar-refractivity contribution >= 4 is 23.0 Å². The average molecular weight is 364 g/mol. The number of hydrogen-bond acceptors (Lipinski definition) is 5. The molecule has 0 bridgehead atoms.